The quantitative estimate of drug-likeness (QED) is 0.616. The average molecular weight is 318 g/mol. The second-order valence-corrected chi connectivity index (χ2v) is 6.58. The first-order valence-corrected chi connectivity index (χ1v) is 8.74. The summed E-state index contributed by atoms with van der Waals surface area (Å²) in [4.78, 5) is 11.7. The minimum absolute atomic E-state index is 0.00641. The smallest absolute Gasteiger partial charge is 0.146 e. The van der Waals surface area contributed by atoms with Crippen molar-refractivity contribution in [3.8, 4) is 5.75 Å². The van der Waals surface area contributed by atoms with Crippen LogP contribution in [0.5, 0.6) is 5.75 Å². The topological polar surface area (TPSA) is 50.4 Å². The molecule has 0 saturated heterocycles. The van der Waals surface area contributed by atoms with Crippen LogP contribution < -0.4 is 15.4 Å². The van der Waals surface area contributed by atoms with Gasteiger partial charge in [0.05, 0.1) is 6.04 Å². The molecule has 0 unspecified atom stereocenters. The summed E-state index contributed by atoms with van der Waals surface area (Å²) < 4.78 is 6.11. The summed E-state index contributed by atoms with van der Waals surface area (Å²) >= 11 is 0. The molecule has 1 fully saturated rings. The van der Waals surface area contributed by atoms with Gasteiger partial charge in [-0.3, -0.25) is 4.79 Å². The van der Waals surface area contributed by atoms with Crippen LogP contribution in [0.2, 0.25) is 0 Å². The zero-order chi connectivity index (χ0) is 16.7. The van der Waals surface area contributed by atoms with Gasteiger partial charge in [0.2, 0.25) is 0 Å². The molecule has 0 amide bonds. The standard InChI is InChI=1S/C19H30N2O2/c1-14(13-21-19(15(2)22)17-10-11-17)23-18-9-5-4-7-16(18)8-6-12-20-3/h4-5,7,9,14,17,19-21H,6,8,10-13H2,1-3H3/t14-,19-/m1/s1. The Kier molecular flexibility index (Phi) is 7.06. The number of rotatable bonds is 11. The predicted octanol–water partition coefficient (Wildman–Crippen LogP) is 2.56. The normalized spacial score (nSPS) is 16.8. The molecule has 0 bridgehead atoms. The van der Waals surface area contributed by atoms with Gasteiger partial charge in [0.15, 0.2) is 0 Å². The Morgan fingerprint density at radius 1 is 1.35 bits per heavy atom. The highest BCUT2D eigenvalue weighted by Crippen LogP contribution is 2.33. The van der Waals surface area contributed by atoms with Gasteiger partial charge in [-0.1, -0.05) is 18.2 Å². The number of benzene rings is 1. The van der Waals surface area contributed by atoms with Gasteiger partial charge >= 0.3 is 0 Å². The summed E-state index contributed by atoms with van der Waals surface area (Å²) in [5.41, 5.74) is 1.25. The molecule has 0 spiro atoms. The monoisotopic (exact) mass is 318 g/mol. The number of Topliss-reactive ketones (excluding diaryl/α,β-unsaturated/α-hetero) is 1. The number of hydrogen-bond acceptors (Lipinski definition) is 4. The van der Waals surface area contributed by atoms with E-state index in [9.17, 15) is 4.79 Å². The van der Waals surface area contributed by atoms with E-state index in [1.165, 1.54) is 18.4 Å². The molecule has 4 heteroatoms. The minimum atomic E-state index is 0.00641. The van der Waals surface area contributed by atoms with Crippen molar-refractivity contribution in [2.24, 2.45) is 5.92 Å². The summed E-state index contributed by atoms with van der Waals surface area (Å²) in [5, 5.41) is 6.56. The Balaban J connectivity index is 1.84. The molecule has 2 atom stereocenters. The largest absolute Gasteiger partial charge is 0.489 e. The van der Waals surface area contributed by atoms with Crippen molar-refractivity contribution >= 4 is 5.78 Å². The van der Waals surface area contributed by atoms with Crippen LogP contribution in [0.4, 0.5) is 0 Å². The average Bonchev–Trinajstić information content (AvgIpc) is 3.34. The third-order valence-corrected chi connectivity index (χ3v) is 4.33. The predicted molar refractivity (Wildman–Crippen MR) is 94.0 cm³/mol. The Labute approximate surface area is 140 Å². The van der Waals surface area contributed by atoms with Gasteiger partial charge < -0.3 is 15.4 Å². The lowest BCUT2D eigenvalue weighted by atomic mass is 10.1. The van der Waals surface area contributed by atoms with E-state index in [1.54, 1.807) is 6.92 Å². The molecule has 128 valence electrons. The SMILES string of the molecule is CNCCCc1ccccc1O[C@H](C)CN[C@H](C(C)=O)C1CC1. The van der Waals surface area contributed by atoms with Gasteiger partial charge in [-0.05, 0) is 70.7 Å². The maximum atomic E-state index is 11.7. The molecular weight excluding hydrogens is 288 g/mol. The maximum Gasteiger partial charge on any atom is 0.146 e. The Morgan fingerprint density at radius 2 is 2.09 bits per heavy atom. The molecule has 1 saturated carbocycles. The molecule has 1 aromatic rings. The summed E-state index contributed by atoms with van der Waals surface area (Å²) in [6.45, 7) is 5.44. The Hall–Kier alpha value is -1.39. The van der Waals surface area contributed by atoms with E-state index < -0.39 is 0 Å². The van der Waals surface area contributed by atoms with Crippen molar-refractivity contribution in [3.63, 3.8) is 0 Å². The second kappa shape index (κ2) is 9.04. The van der Waals surface area contributed by atoms with Crippen LogP contribution in [0, 0.1) is 5.92 Å². The third-order valence-electron chi connectivity index (χ3n) is 4.33. The molecule has 0 heterocycles. The molecule has 23 heavy (non-hydrogen) atoms. The van der Waals surface area contributed by atoms with Gasteiger partial charge in [0.1, 0.15) is 17.6 Å². The second-order valence-electron chi connectivity index (χ2n) is 6.58. The number of ether oxygens (including phenoxy) is 1. The van der Waals surface area contributed by atoms with E-state index in [4.69, 9.17) is 4.74 Å². The van der Waals surface area contributed by atoms with Crippen LogP contribution in [0.1, 0.15) is 38.7 Å². The molecule has 2 rings (SSSR count). The van der Waals surface area contributed by atoms with Crippen molar-refractivity contribution in [3.05, 3.63) is 29.8 Å². The molecule has 1 aliphatic carbocycles. The van der Waals surface area contributed by atoms with Crippen LogP contribution in [0.15, 0.2) is 24.3 Å². The van der Waals surface area contributed by atoms with Crippen LogP contribution in [0.3, 0.4) is 0 Å². The Morgan fingerprint density at radius 3 is 2.74 bits per heavy atom. The fraction of sp³-hybridized carbons (Fsp3) is 0.632. The first kappa shape index (κ1) is 18.0. The number of hydrogen-bond donors (Lipinski definition) is 2. The molecule has 0 aromatic heterocycles. The zero-order valence-electron chi connectivity index (χ0n) is 14.6. The van der Waals surface area contributed by atoms with Crippen molar-refractivity contribution in [1.29, 1.82) is 0 Å². The molecule has 1 aromatic carbocycles. The van der Waals surface area contributed by atoms with E-state index in [-0.39, 0.29) is 17.9 Å². The van der Waals surface area contributed by atoms with Crippen molar-refractivity contribution < 1.29 is 9.53 Å². The fourth-order valence-electron chi connectivity index (χ4n) is 2.90. The fourth-order valence-corrected chi connectivity index (χ4v) is 2.90. The number of carbonyl (C=O) groups excluding carboxylic acids is 1. The minimum Gasteiger partial charge on any atom is -0.489 e. The van der Waals surface area contributed by atoms with E-state index in [0.717, 1.165) is 25.1 Å². The molecule has 1 aliphatic rings. The van der Waals surface area contributed by atoms with Crippen LogP contribution in [-0.2, 0) is 11.2 Å². The molecular formula is C19H30N2O2. The first-order chi connectivity index (χ1) is 11.1. The maximum absolute atomic E-state index is 11.7. The highest BCUT2D eigenvalue weighted by Gasteiger charge is 2.34. The lowest BCUT2D eigenvalue weighted by Gasteiger charge is -2.21. The highest BCUT2D eigenvalue weighted by atomic mass is 16.5. The van der Waals surface area contributed by atoms with Gasteiger partial charge in [-0.15, -0.1) is 0 Å². The number of nitrogens with one attached hydrogen (secondary N) is 2. The third kappa shape index (κ3) is 5.96. The van der Waals surface area contributed by atoms with E-state index >= 15 is 0 Å². The van der Waals surface area contributed by atoms with Crippen LogP contribution in [-0.4, -0.2) is 38.1 Å². The molecule has 4 nitrogen and oxygen atoms in total. The lowest BCUT2D eigenvalue weighted by Crippen LogP contribution is -2.42. The molecule has 0 radical (unpaired) electrons. The highest BCUT2D eigenvalue weighted by molar-refractivity contribution is 5.82. The number of para-hydroxylation sites is 1. The zero-order valence-corrected chi connectivity index (χ0v) is 14.6. The molecule has 0 aliphatic heterocycles. The van der Waals surface area contributed by atoms with Crippen LogP contribution in [0.25, 0.3) is 0 Å². The summed E-state index contributed by atoms with van der Waals surface area (Å²) in [7, 11) is 1.97. The van der Waals surface area contributed by atoms with Crippen molar-refractivity contribution in [2.45, 2.75) is 51.7 Å². The number of aryl methyl sites for hydroxylation is 1. The van der Waals surface area contributed by atoms with E-state index in [1.807, 2.05) is 19.2 Å². The van der Waals surface area contributed by atoms with Crippen LogP contribution >= 0.6 is 0 Å². The molecule has 2 N–H and O–H groups in total. The lowest BCUT2D eigenvalue weighted by molar-refractivity contribution is -0.119. The van der Waals surface area contributed by atoms with Crippen molar-refractivity contribution in [1.82, 2.24) is 10.6 Å². The first-order valence-electron chi connectivity index (χ1n) is 8.74. The number of carbonyl (C=O) groups is 1. The van der Waals surface area contributed by atoms with E-state index in [0.29, 0.717) is 12.5 Å². The number of ketones is 1. The van der Waals surface area contributed by atoms with Gasteiger partial charge in [0, 0.05) is 6.54 Å². The van der Waals surface area contributed by atoms with Gasteiger partial charge in [-0.2, -0.15) is 0 Å². The van der Waals surface area contributed by atoms with Gasteiger partial charge in [0.25, 0.3) is 0 Å². The van der Waals surface area contributed by atoms with Crippen molar-refractivity contribution in [2.75, 3.05) is 20.1 Å². The Bertz CT molecular complexity index is 500. The summed E-state index contributed by atoms with van der Waals surface area (Å²) in [5.74, 6) is 1.74. The van der Waals surface area contributed by atoms with E-state index in [2.05, 4.69) is 29.7 Å². The summed E-state index contributed by atoms with van der Waals surface area (Å²) in [6, 6.07) is 8.25. The van der Waals surface area contributed by atoms with Gasteiger partial charge in [-0.25, -0.2) is 0 Å². The summed E-state index contributed by atoms with van der Waals surface area (Å²) in [6.07, 6.45) is 4.48.